The molecule has 0 spiro atoms. The maximum absolute atomic E-state index is 12.8. The molecule has 0 aromatic rings. The van der Waals surface area contributed by atoms with E-state index in [2.05, 4.69) is 69.4 Å². The molecule has 0 N–H and O–H groups in total. The first-order valence-corrected chi connectivity index (χ1v) is 25.2. The van der Waals surface area contributed by atoms with Gasteiger partial charge in [-0.15, -0.1) is 0 Å². The lowest BCUT2D eigenvalue weighted by atomic mass is 10.1. The smallest absolute Gasteiger partial charge is 0.306 e. The first-order chi connectivity index (χ1) is 31.0. The van der Waals surface area contributed by atoms with Gasteiger partial charge in [-0.05, 0) is 83.5 Å². The second-order valence-corrected chi connectivity index (χ2v) is 16.2. The summed E-state index contributed by atoms with van der Waals surface area (Å²) < 4.78 is 16.7. The lowest BCUT2D eigenvalue weighted by molar-refractivity contribution is -0.167. The molecule has 0 radical (unpaired) electrons. The van der Waals surface area contributed by atoms with Crippen molar-refractivity contribution in [2.45, 2.75) is 207 Å². The quantitative estimate of drug-likeness (QED) is 0.0200. The Morgan fingerprint density at radius 1 is 0.333 bits per heavy atom. The lowest BCUT2D eigenvalue weighted by Gasteiger charge is -2.18. The highest BCUT2D eigenvalue weighted by molar-refractivity contribution is 5.71. The summed E-state index contributed by atoms with van der Waals surface area (Å²) in [5.74, 6) is -1.00. The summed E-state index contributed by atoms with van der Waals surface area (Å²) in [6, 6.07) is 0. The molecule has 6 nitrogen and oxygen atoms in total. The monoisotopic (exact) mass is 871 g/mol. The number of hydrogen-bond acceptors (Lipinski definition) is 6. The predicted molar refractivity (Wildman–Crippen MR) is 269 cm³/mol. The fourth-order valence-electron chi connectivity index (χ4n) is 6.36. The van der Waals surface area contributed by atoms with E-state index in [-0.39, 0.29) is 37.5 Å². The Balaban J connectivity index is 4.54. The van der Waals surface area contributed by atoms with Crippen molar-refractivity contribution in [1.82, 2.24) is 0 Å². The van der Waals surface area contributed by atoms with E-state index in [1.807, 2.05) is 72.9 Å². The zero-order valence-electron chi connectivity index (χ0n) is 40.3. The Hall–Kier alpha value is -4.19. The topological polar surface area (TPSA) is 78.9 Å². The maximum Gasteiger partial charge on any atom is 0.306 e. The normalized spacial score (nSPS) is 13.1. The van der Waals surface area contributed by atoms with Crippen LogP contribution in [0.5, 0.6) is 0 Å². The number of carbonyl (C=O) groups excluding carboxylic acids is 3. The minimum atomic E-state index is -0.816. The van der Waals surface area contributed by atoms with Crippen LogP contribution < -0.4 is 0 Å². The molecule has 63 heavy (non-hydrogen) atoms. The molecule has 6 heteroatoms. The summed E-state index contributed by atoms with van der Waals surface area (Å²) in [6.45, 7) is 6.31. The average molecular weight is 871 g/mol. The summed E-state index contributed by atoms with van der Waals surface area (Å²) in [4.78, 5) is 37.9. The van der Waals surface area contributed by atoms with E-state index >= 15 is 0 Å². The molecule has 0 amide bonds. The zero-order chi connectivity index (χ0) is 45.8. The van der Waals surface area contributed by atoms with Gasteiger partial charge in [0.05, 0.1) is 0 Å². The number of ether oxygens (including phenoxy) is 3. The number of carbonyl (C=O) groups is 3. The molecule has 354 valence electrons. The summed E-state index contributed by atoms with van der Waals surface area (Å²) in [7, 11) is 0. The number of unbranched alkanes of at least 4 members (excludes halogenated alkanes) is 19. The van der Waals surface area contributed by atoms with Crippen LogP contribution in [0.15, 0.2) is 122 Å². The summed E-state index contributed by atoms with van der Waals surface area (Å²) in [6.07, 6.45) is 68.9. The molecule has 0 aromatic heterocycles. The van der Waals surface area contributed by atoms with E-state index in [0.717, 1.165) is 109 Å². The summed E-state index contributed by atoms with van der Waals surface area (Å²) in [5.41, 5.74) is 0. The molecule has 0 aliphatic heterocycles. The van der Waals surface area contributed by atoms with Gasteiger partial charge in [-0.3, -0.25) is 14.4 Å². The van der Waals surface area contributed by atoms with Crippen LogP contribution in [0.3, 0.4) is 0 Å². The molecule has 0 aliphatic carbocycles. The number of esters is 3. The Morgan fingerprint density at radius 3 is 1.10 bits per heavy atom. The lowest BCUT2D eigenvalue weighted by Crippen LogP contribution is -2.30. The fourth-order valence-corrected chi connectivity index (χ4v) is 6.36. The average Bonchev–Trinajstić information content (AvgIpc) is 3.28. The van der Waals surface area contributed by atoms with Gasteiger partial charge in [0, 0.05) is 19.3 Å². The van der Waals surface area contributed by atoms with Crippen molar-refractivity contribution < 1.29 is 28.6 Å². The van der Waals surface area contributed by atoms with E-state index in [9.17, 15) is 14.4 Å². The third-order valence-electron chi connectivity index (χ3n) is 10.1. The van der Waals surface area contributed by atoms with Crippen LogP contribution in [0.1, 0.15) is 201 Å². The standard InChI is InChI=1S/C57H90O6/c1-4-7-10-13-16-19-22-25-27-28-29-30-33-35-38-41-44-47-50-56(59)62-53-54(52-61-55(58)49-46-43-40-37-34-31-24-21-18-15-12-9-6-3)63-57(60)51-48-45-42-39-36-32-26-23-20-17-14-11-8-5-2/h9-10,12-13,15-16,18-19,21-22,24-25,27-32,34,36,54H,4-8,11,14,17,20,23,26,33,35,37-53H2,1-3H3/b12-9-,13-10-,18-15-,19-16-,24-21-,25-22-,28-27-,30-29-,34-31-,36-32-. The molecule has 0 heterocycles. The molecule has 1 unspecified atom stereocenters. The van der Waals surface area contributed by atoms with E-state index in [1.54, 1.807) is 0 Å². The highest BCUT2D eigenvalue weighted by Gasteiger charge is 2.19. The van der Waals surface area contributed by atoms with Crippen LogP contribution in [-0.4, -0.2) is 37.2 Å². The van der Waals surface area contributed by atoms with Gasteiger partial charge in [-0.1, -0.05) is 219 Å². The molecule has 0 rings (SSSR count). The van der Waals surface area contributed by atoms with Crippen molar-refractivity contribution in [3.8, 4) is 0 Å². The second-order valence-electron chi connectivity index (χ2n) is 16.2. The molecular formula is C57H90O6. The van der Waals surface area contributed by atoms with Gasteiger partial charge < -0.3 is 14.2 Å². The molecule has 0 aromatic carbocycles. The largest absolute Gasteiger partial charge is 0.462 e. The molecular weight excluding hydrogens is 781 g/mol. The van der Waals surface area contributed by atoms with Gasteiger partial charge in [0.2, 0.25) is 0 Å². The summed E-state index contributed by atoms with van der Waals surface area (Å²) in [5, 5.41) is 0. The van der Waals surface area contributed by atoms with Gasteiger partial charge in [0.25, 0.3) is 0 Å². The van der Waals surface area contributed by atoms with Crippen molar-refractivity contribution in [2.75, 3.05) is 13.2 Å². The van der Waals surface area contributed by atoms with Gasteiger partial charge >= 0.3 is 17.9 Å². The SMILES string of the molecule is CC\C=C/C=C\C=C/C=C\CCCCCC(=O)OCC(COC(=O)CCCCCCC\C=C/C=C\C=C/C=C\C=C/CCC)OC(=O)CCCCC/C=C\CCCCCCCCC. The number of allylic oxidation sites excluding steroid dienone is 20. The summed E-state index contributed by atoms with van der Waals surface area (Å²) >= 11 is 0. The third-order valence-corrected chi connectivity index (χ3v) is 10.1. The van der Waals surface area contributed by atoms with E-state index in [1.165, 1.54) is 51.4 Å². The Labute approximate surface area is 386 Å². The van der Waals surface area contributed by atoms with Crippen molar-refractivity contribution in [3.63, 3.8) is 0 Å². The van der Waals surface area contributed by atoms with Crippen molar-refractivity contribution in [2.24, 2.45) is 0 Å². The zero-order valence-corrected chi connectivity index (χ0v) is 40.3. The fraction of sp³-hybridized carbons (Fsp3) is 0.596. The van der Waals surface area contributed by atoms with Crippen LogP contribution in [-0.2, 0) is 28.6 Å². The Morgan fingerprint density at radius 2 is 0.667 bits per heavy atom. The van der Waals surface area contributed by atoms with Crippen LogP contribution in [0.2, 0.25) is 0 Å². The van der Waals surface area contributed by atoms with E-state index < -0.39 is 6.10 Å². The Bertz CT molecular complexity index is 1370. The minimum absolute atomic E-state index is 0.114. The van der Waals surface area contributed by atoms with Crippen LogP contribution in [0.4, 0.5) is 0 Å². The number of hydrogen-bond donors (Lipinski definition) is 0. The molecule has 0 aliphatic rings. The highest BCUT2D eigenvalue weighted by atomic mass is 16.6. The minimum Gasteiger partial charge on any atom is -0.462 e. The predicted octanol–water partition coefficient (Wildman–Crippen LogP) is 16.5. The van der Waals surface area contributed by atoms with Crippen LogP contribution in [0, 0.1) is 0 Å². The molecule has 0 bridgehead atoms. The van der Waals surface area contributed by atoms with E-state index in [4.69, 9.17) is 14.2 Å². The molecule has 0 saturated heterocycles. The Kier molecular flexibility index (Phi) is 47.1. The van der Waals surface area contributed by atoms with Crippen LogP contribution in [0.25, 0.3) is 0 Å². The molecule has 0 saturated carbocycles. The first-order valence-electron chi connectivity index (χ1n) is 25.2. The first kappa shape index (κ1) is 58.8. The van der Waals surface area contributed by atoms with Crippen molar-refractivity contribution >= 4 is 17.9 Å². The molecule has 0 fully saturated rings. The second kappa shape index (κ2) is 50.5. The molecule has 1 atom stereocenters. The number of rotatable bonds is 43. The maximum atomic E-state index is 12.8. The van der Waals surface area contributed by atoms with Crippen molar-refractivity contribution in [3.05, 3.63) is 122 Å². The van der Waals surface area contributed by atoms with Crippen molar-refractivity contribution in [1.29, 1.82) is 0 Å². The highest BCUT2D eigenvalue weighted by Crippen LogP contribution is 2.13. The van der Waals surface area contributed by atoms with Gasteiger partial charge in [-0.25, -0.2) is 0 Å². The van der Waals surface area contributed by atoms with Gasteiger partial charge in [0.1, 0.15) is 13.2 Å². The van der Waals surface area contributed by atoms with Crippen LogP contribution >= 0.6 is 0 Å². The van der Waals surface area contributed by atoms with Gasteiger partial charge in [-0.2, -0.15) is 0 Å². The third kappa shape index (κ3) is 48.7. The van der Waals surface area contributed by atoms with E-state index in [0.29, 0.717) is 12.8 Å². The van der Waals surface area contributed by atoms with Gasteiger partial charge in [0.15, 0.2) is 6.10 Å².